The first kappa shape index (κ1) is 19.4. The van der Waals surface area contributed by atoms with E-state index in [2.05, 4.69) is 10.2 Å². The zero-order valence-corrected chi connectivity index (χ0v) is 16.8. The number of ketones is 1. The number of Topliss-reactive ketones (excluding diaryl/α,β-unsaturated/α-hetero) is 1. The number of hydrogen-bond acceptors (Lipinski definition) is 3. The van der Waals surface area contributed by atoms with Gasteiger partial charge in [-0.3, -0.25) is 14.7 Å². The summed E-state index contributed by atoms with van der Waals surface area (Å²) in [5.74, 6) is 0.159. The third-order valence-electron chi connectivity index (χ3n) is 5.27. The molecule has 0 aliphatic carbocycles. The first-order valence-corrected chi connectivity index (χ1v) is 10.2. The second-order valence-electron chi connectivity index (χ2n) is 7.25. The Morgan fingerprint density at radius 1 is 1.07 bits per heavy atom. The van der Waals surface area contributed by atoms with E-state index in [1.54, 1.807) is 0 Å². The lowest BCUT2D eigenvalue weighted by molar-refractivity contribution is -0.132. The van der Waals surface area contributed by atoms with Crippen LogP contribution in [-0.4, -0.2) is 33.3 Å². The van der Waals surface area contributed by atoms with Crippen molar-refractivity contribution in [1.82, 2.24) is 15.1 Å². The first-order chi connectivity index (χ1) is 14.1. The van der Waals surface area contributed by atoms with Crippen molar-refractivity contribution in [1.29, 1.82) is 0 Å². The number of fused-ring (bicyclic) bond motifs is 1. The molecular formula is C23H22ClN3O2. The highest BCUT2D eigenvalue weighted by Gasteiger charge is 2.25. The molecule has 0 saturated heterocycles. The van der Waals surface area contributed by atoms with Crippen LogP contribution in [0.4, 0.5) is 0 Å². The van der Waals surface area contributed by atoms with Gasteiger partial charge >= 0.3 is 0 Å². The van der Waals surface area contributed by atoms with E-state index < -0.39 is 0 Å². The van der Waals surface area contributed by atoms with Crippen molar-refractivity contribution in [2.75, 3.05) is 6.54 Å². The number of aromatic nitrogens is 2. The van der Waals surface area contributed by atoms with Gasteiger partial charge in [0, 0.05) is 59.8 Å². The Morgan fingerprint density at radius 2 is 1.90 bits per heavy atom. The van der Waals surface area contributed by atoms with E-state index in [9.17, 15) is 9.59 Å². The molecule has 1 amide bonds. The average Bonchev–Trinajstić information content (AvgIpc) is 3.17. The predicted octanol–water partition coefficient (Wildman–Crippen LogP) is 4.67. The second-order valence-corrected chi connectivity index (χ2v) is 7.68. The summed E-state index contributed by atoms with van der Waals surface area (Å²) >= 11 is 6.12. The summed E-state index contributed by atoms with van der Waals surface area (Å²) in [6.07, 6.45) is 2.06. The number of carbonyl (C=O) groups is 2. The van der Waals surface area contributed by atoms with Crippen molar-refractivity contribution in [2.24, 2.45) is 0 Å². The normalized spacial score (nSPS) is 13.2. The maximum atomic E-state index is 12.7. The highest BCUT2D eigenvalue weighted by Crippen LogP contribution is 2.30. The molecule has 1 aliphatic heterocycles. The quantitative estimate of drug-likeness (QED) is 0.604. The van der Waals surface area contributed by atoms with E-state index in [-0.39, 0.29) is 11.7 Å². The van der Waals surface area contributed by atoms with Crippen LogP contribution in [-0.2, 0) is 17.8 Å². The number of aromatic amines is 1. The summed E-state index contributed by atoms with van der Waals surface area (Å²) in [7, 11) is 0. The van der Waals surface area contributed by atoms with Gasteiger partial charge in [0.05, 0.1) is 5.69 Å². The fourth-order valence-corrected chi connectivity index (χ4v) is 3.90. The molecule has 6 heteroatoms. The highest BCUT2D eigenvalue weighted by molar-refractivity contribution is 6.30. The van der Waals surface area contributed by atoms with Crippen molar-refractivity contribution in [3.63, 3.8) is 0 Å². The van der Waals surface area contributed by atoms with Gasteiger partial charge in [0.25, 0.3) is 0 Å². The second kappa shape index (κ2) is 8.62. The fraction of sp³-hybridized carbons (Fsp3) is 0.261. The van der Waals surface area contributed by atoms with Gasteiger partial charge in [-0.2, -0.15) is 5.10 Å². The SMILES string of the molecule is O=C(CCCC(=O)N1CCc2[nH]nc(-c3cccc(Cl)c3)c2C1)c1ccccc1. The summed E-state index contributed by atoms with van der Waals surface area (Å²) in [4.78, 5) is 26.8. The molecule has 1 aromatic heterocycles. The Balaban J connectivity index is 1.37. The highest BCUT2D eigenvalue weighted by atomic mass is 35.5. The van der Waals surface area contributed by atoms with Crippen molar-refractivity contribution >= 4 is 23.3 Å². The number of halogens is 1. The predicted molar refractivity (Wildman–Crippen MR) is 113 cm³/mol. The number of nitrogens with zero attached hydrogens (tertiary/aromatic N) is 2. The van der Waals surface area contributed by atoms with E-state index in [0.29, 0.717) is 42.9 Å². The summed E-state index contributed by atoms with van der Waals surface area (Å²) in [6, 6.07) is 16.8. The molecule has 2 heterocycles. The molecule has 0 unspecified atom stereocenters. The minimum absolute atomic E-state index is 0.0785. The monoisotopic (exact) mass is 407 g/mol. The molecule has 2 aromatic carbocycles. The smallest absolute Gasteiger partial charge is 0.222 e. The van der Waals surface area contributed by atoms with Gasteiger partial charge in [0.2, 0.25) is 5.91 Å². The largest absolute Gasteiger partial charge is 0.338 e. The molecule has 29 heavy (non-hydrogen) atoms. The van der Waals surface area contributed by atoms with Crippen molar-refractivity contribution in [2.45, 2.75) is 32.2 Å². The van der Waals surface area contributed by atoms with Gasteiger partial charge in [0.1, 0.15) is 0 Å². The Bertz CT molecular complexity index is 1030. The number of H-pyrrole nitrogens is 1. The van der Waals surface area contributed by atoms with Gasteiger partial charge < -0.3 is 4.90 Å². The Labute approximate surface area is 174 Å². The molecule has 1 aliphatic rings. The molecular weight excluding hydrogens is 386 g/mol. The van der Waals surface area contributed by atoms with E-state index in [0.717, 1.165) is 28.9 Å². The van der Waals surface area contributed by atoms with Crippen LogP contribution in [0.1, 0.15) is 40.9 Å². The Morgan fingerprint density at radius 3 is 2.69 bits per heavy atom. The van der Waals surface area contributed by atoms with Crippen LogP contribution >= 0.6 is 11.6 Å². The van der Waals surface area contributed by atoms with Crippen LogP contribution in [0.3, 0.4) is 0 Å². The van der Waals surface area contributed by atoms with Crippen LogP contribution in [0.2, 0.25) is 5.02 Å². The van der Waals surface area contributed by atoms with Crippen LogP contribution in [0.5, 0.6) is 0 Å². The molecule has 0 fully saturated rings. The minimum atomic E-state index is 0.0785. The van der Waals surface area contributed by atoms with Crippen molar-refractivity contribution in [3.05, 3.63) is 76.4 Å². The lowest BCUT2D eigenvalue weighted by atomic mass is 10.0. The molecule has 0 saturated carbocycles. The molecule has 3 aromatic rings. The number of hydrogen-bond donors (Lipinski definition) is 1. The molecule has 4 rings (SSSR count). The van der Waals surface area contributed by atoms with Gasteiger partial charge in [-0.05, 0) is 18.6 Å². The molecule has 0 bridgehead atoms. The summed E-state index contributed by atoms with van der Waals surface area (Å²) in [6.45, 7) is 1.19. The van der Waals surface area contributed by atoms with Gasteiger partial charge in [-0.1, -0.05) is 54.1 Å². The number of nitrogens with one attached hydrogen (secondary N) is 1. The van der Waals surface area contributed by atoms with Crippen molar-refractivity contribution in [3.8, 4) is 11.3 Å². The minimum Gasteiger partial charge on any atom is -0.338 e. The first-order valence-electron chi connectivity index (χ1n) is 9.80. The number of rotatable bonds is 6. The third kappa shape index (κ3) is 4.40. The van der Waals surface area contributed by atoms with Gasteiger partial charge in [-0.15, -0.1) is 0 Å². The zero-order valence-electron chi connectivity index (χ0n) is 16.0. The maximum absolute atomic E-state index is 12.7. The van der Waals surface area contributed by atoms with Gasteiger partial charge in [-0.25, -0.2) is 0 Å². The van der Waals surface area contributed by atoms with Crippen LogP contribution in [0, 0.1) is 0 Å². The molecule has 148 valence electrons. The Hall–Kier alpha value is -2.92. The van der Waals surface area contributed by atoms with Crippen LogP contribution in [0.15, 0.2) is 54.6 Å². The number of amides is 1. The topological polar surface area (TPSA) is 66.1 Å². The lowest BCUT2D eigenvalue weighted by Gasteiger charge is -2.27. The molecule has 5 nitrogen and oxygen atoms in total. The van der Waals surface area contributed by atoms with Crippen molar-refractivity contribution < 1.29 is 9.59 Å². The van der Waals surface area contributed by atoms with E-state index in [1.165, 1.54) is 0 Å². The van der Waals surface area contributed by atoms with E-state index in [4.69, 9.17) is 11.6 Å². The average molecular weight is 408 g/mol. The summed E-state index contributed by atoms with van der Waals surface area (Å²) in [5.41, 5.74) is 4.61. The Kier molecular flexibility index (Phi) is 5.76. The maximum Gasteiger partial charge on any atom is 0.222 e. The number of benzene rings is 2. The number of carbonyl (C=O) groups excluding carboxylic acids is 2. The third-order valence-corrected chi connectivity index (χ3v) is 5.51. The van der Waals surface area contributed by atoms with E-state index in [1.807, 2.05) is 59.5 Å². The molecule has 0 radical (unpaired) electrons. The summed E-state index contributed by atoms with van der Waals surface area (Å²) in [5, 5.41) is 8.22. The van der Waals surface area contributed by atoms with Crippen LogP contribution < -0.4 is 0 Å². The summed E-state index contributed by atoms with van der Waals surface area (Å²) < 4.78 is 0. The fourth-order valence-electron chi connectivity index (χ4n) is 3.71. The standard InChI is InChI=1S/C23H22ClN3O2/c24-18-9-4-8-17(14-18)23-19-15-27(13-12-20(19)25-26-23)22(29)11-5-10-21(28)16-6-2-1-3-7-16/h1-4,6-9,14H,5,10-13,15H2,(H,25,26). The zero-order chi connectivity index (χ0) is 20.2. The lowest BCUT2D eigenvalue weighted by Crippen LogP contribution is -2.35. The van der Waals surface area contributed by atoms with E-state index >= 15 is 0 Å². The van der Waals surface area contributed by atoms with Gasteiger partial charge in [0.15, 0.2) is 5.78 Å². The molecule has 0 spiro atoms. The molecule has 0 atom stereocenters. The molecule has 1 N–H and O–H groups in total. The van der Waals surface area contributed by atoms with Crippen LogP contribution in [0.25, 0.3) is 11.3 Å².